The van der Waals surface area contributed by atoms with Crippen molar-refractivity contribution < 1.29 is 27.1 Å². The number of benzene rings is 2. The highest BCUT2D eigenvalue weighted by molar-refractivity contribution is 7.72. The van der Waals surface area contributed by atoms with Crippen LogP contribution >= 0.6 is 0 Å². The maximum atomic E-state index is 14.0. The fraction of sp³-hybridized carbons (Fsp3) is 0.273. The number of halogens is 1. The van der Waals surface area contributed by atoms with Gasteiger partial charge in [0.05, 0.1) is 18.4 Å². The van der Waals surface area contributed by atoms with E-state index >= 15 is 0 Å². The van der Waals surface area contributed by atoms with Crippen LogP contribution in [0, 0.1) is 12.7 Å². The molecule has 156 valence electrons. The molecule has 0 bridgehead atoms. The molecular weight excluding hydrogens is 409 g/mol. The number of nitrogens with zero attached hydrogens (tertiary/aromatic N) is 1. The average molecular weight is 429 g/mol. The molecule has 1 heterocycles. The third kappa shape index (κ3) is 4.00. The molecule has 2 aromatic carbocycles. The number of pyridine rings is 1. The minimum atomic E-state index is -2.76. The van der Waals surface area contributed by atoms with Gasteiger partial charge < -0.3 is 9.47 Å². The molecule has 1 fully saturated rings. The standard InChI is InChI=1S/C22H20FNO5S/c1-12-15(8-20(25)28-2)7-14-5-6-16(23)9-18(14)21(12)29-22-19(13-3-4-13)10-17(11-24-22)30(26)27/h5-7,9-11,13,30H,3-4,8H2,1-2H3. The summed E-state index contributed by atoms with van der Waals surface area (Å²) in [5.41, 5.74) is 2.08. The first-order valence-electron chi connectivity index (χ1n) is 9.48. The third-order valence-corrected chi connectivity index (χ3v) is 5.93. The van der Waals surface area contributed by atoms with Gasteiger partial charge in [0.25, 0.3) is 0 Å². The highest BCUT2D eigenvalue weighted by Crippen LogP contribution is 2.46. The fourth-order valence-electron chi connectivity index (χ4n) is 3.46. The van der Waals surface area contributed by atoms with Crippen LogP contribution in [-0.2, 0) is 26.7 Å². The number of hydrogen-bond acceptors (Lipinski definition) is 6. The molecule has 0 spiro atoms. The van der Waals surface area contributed by atoms with Gasteiger partial charge in [-0.25, -0.2) is 17.8 Å². The lowest BCUT2D eigenvalue weighted by molar-refractivity contribution is -0.139. The largest absolute Gasteiger partial charge is 0.469 e. The van der Waals surface area contributed by atoms with Crippen molar-refractivity contribution in [3.05, 3.63) is 59.0 Å². The summed E-state index contributed by atoms with van der Waals surface area (Å²) in [5, 5.41) is 1.26. The Morgan fingerprint density at radius 2 is 2.00 bits per heavy atom. The molecular formula is C22H20FNO5S. The number of carbonyl (C=O) groups is 1. The summed E-state index contributed by atoms with van der Waals surface area (Å²) >= 11 is 0. The van der Waals surface area contributed by atoms with Crippen LogP contribution in [0.15, 0.2) is 41.4 Å². The van der Waals surface area contributed by atoms with E-state index in [4.69, 9.17) is 9.47 Å². The van der Waals surface area contributed by atoms with E-state index in [1.807, 2.05) is 6.07 Å². The van der Waals surface area contributed by atoms with Crippen molar-refractivity contribution in [1.82, 2.24) is 4.98 Å². The van der Waals surface area contributed by atoms with Crippen molar-refractivity contribution in [1.29, 1.82) is 0 Å². The van der Waals surface area contributed by atoms with Crippen LogP contribution in [-0.4, -0.2) is 26.5 Å². The van der Waals surface area contributed by atoms with E-state index in [0.717, 1.165) is 12.8 Å². The van der Waals surface area contributed by atoms with Gasteiger partial charge in [0, 0.05) is 17.1 Å². The first-order valence-corrected chi connectivity index (χ1v) is 10.7. The van der Waals surface area contributed by atoms with Crippen LogP contribution in [0.3, 0.4) is 0 Å². The van der Waals surface area contributed by atoms with Gasteiger partial charge in [-0.15, -0.1) is 0 Å². The normalized spacial score (nSPS) is 13.6. The summed E-state index contributed by atoms with van der Waals surface area (Å²) in [7, 11) is -1.44. The zero-order chi connectivity index (χ0) is 21.4. The Balaban J connectivity index is 1.86. The van der Waals surface area contributed by atoms with E-state index < -0.39 is 22.5 Å². The number of ether oxygens (including phenoxy) is 2. The van der Waals surface area contributed by atoms with Gasteiger partial charge in [-0.1, -0.05) is 12.1 Å². The van der Waals surface area contributed by atoms with Gasteiger partial charge >= 0.3 is 5.97 Å². The molecule has 6 nitrogen and oxygen atoms in total. The zero-order valence-corrected chi connectivity index (χ0v) is 17.4. The summed E-state index contributed by atoms with van der Waals surface area (Å²) in [6.45, 7) is 1.79. The highest BCUT2D eigenvalue weighted by atomic mass is 32.2. The number of fused-ring (bicyclic) bond motifs is 1. The summed E-state index contributed by atoms with van der Waals surface area (Å²) in [4.78, 5) is 16.2. The lowest BCUT2D eigenvalue weighted by atomic mass is 9.98. The number of methoxy groups -OCH3 is 1. The Bertz CT molecular complexity index is 1230. The molecule has 0 radical (unpaired) electrons. The van der Waals surface area contributed by atoms with Gasteiger partial charge in [-0.2, -0.15) is 0 Å². The van der Waals surface area contributed by atoms with E-state index in [2.05, 4.69) is 4.98 Å². The number of aromatic nitrogens is 1. The second-order valence-electron chi connectivity index (χ2n) is 7.33. The van der Waals surface area contributed by atoms with Crippen LogP contribution in [0.4, 0.5) is 4.39 Å². The van der Waals surface area contributed by atoms with Crippen LogP contribution in [0.5, 0.6) is 11.6 Å². The number of hydrogen-bond donors (Lipinski definition) is 1. The monoisotopic (exact) mass is 429 g/mol. The summed E-state index contributed by atoms with van der Waals surface area (Å²) < 4.78 is 47.7. The van der Waals surface area contributed by atoms with Crippen LogP contribution < -0.4 is 4.74 Å². The molecule has 1 saturated carbocycles. The third-order valence-electron chi connectivity index (χ3n) is 5.27. The van der Waals surface area contributed by atoms with Crippen LogP contribution in [0.1, 0.15) is 35.4 Å². The molecule has 0 N–H and O–H groups in total. The van der Waals surface area contributed by atoms with Crippen molar-refractivity contribution >= 4 is 27.4 Å². The molecule has 1 aliphatic carbocycles. The minimum Gasteiger partial charge on any atom is -0.469 e. The molecule has 1 aliphatic rings. The summed E-state index contributed by atoms with van der Waals surface area (Å²) in [5.74, 6) is 0.0537. The Kier molecular flexibility index (Phi) is 5.42. The van der Waals surface area contributed by atoms with Gasteiger partial charge in [0.1, 0.15) is 11.6 Å². The fourth-order valence-corrected chi connectivity index (χ4v) is 3.86. The predicted octanol–water partition coefficient (Wildman–Crippen LogP) is 4.04. The lowest BCUT2D eigenvalue weighted by Gasteiger charge is -2.17. The Labute approximate surface area is 174 Å². The topological polar surface area (TPSA) is 82.6 Å². The molecule has 0 saturated heterocycles. The first-order chi connectivity index (χ1) is 14.4. The smallest absolute Gasteiger partial charge is 0.309 e. The summed E-state index contributed by atoms with van der Waals surface area (Å²) in [6, 6.07) is 7.74. The van der Waals surface area contributed by atoms with Gasteiger partial charge in [0.2, 0.25) is 5.88 Å². The zero-order valence-electron chi connectivity index (χ0n) is 16.5. The minimum absolute atomic E-state index is 0.0461. The van der Waals surface area contributed by atoms with E-state index in [-0.39, 0.29) is 17.2 Å². The SMILES string of the molecule is COC(=O)Cc1cc2ccc(F)cc2c(Oc2ncc([SH](=O)=O)cc2C2CC2)c1C. The van der Waals surface area contributed by atoms with Crippen molar-refractivity contribution in [2.75, 3.05) is 7.11 Å². The molecule has 0 amide bonds. The van der Waals surface area contributed by atoms with Crippen molar-refractivity contribution in [2.45, 2.75) is 37.0 Å². The van der Waals surface area contributed by atoms with Crippen molar-refractivity contribution in [3.8, 4) is 11.6 Å². The average Bonchev–Trinajstić information content (AvgIpc) is 3.56. The molecule has 8 heteroatoms. The Morgan fingerprint density at radius 1 is 1.23 bits per heavy atom. The van der Waals surface area contributed by atoms with Crippen LogP contribution in [0.2, 0.25) is 0 Å². The van der Waals surface area contributed by atoms with Crippen molar-refractivity contribution in [2.24, 2.45) is 0 Å². The van der Waals surface area contributed by atoms with E-state index in [0.29, 0.717) is 39.1 Å². The molecule has 4 rings (SSSR count). The lowest BCUT2D eigenvalue weighted by Crippen LogP contribution is -2.07. The van der Waals surface area contributed by atoms with Gasteiger partial charge in [-0.3, -0.25) is 4.79 Å². The van der Waals surface area contributed by atoms with E-state index in [1.54, 1.807) is 19.1 Å². The Morgan fingerprint density at radius 3 is 2.67 bits per heavy atom. The number of thiol groups is 1. The number of esters is 1. The predicted molar refractivity (Wildman–Crippen MR) is 109 cm³/mol. The van der Waals surface area contributed by atoms with Crippen LogP contribution in [0.25, 0.3) is 10.8 Å². The van der Waals surface area contributed by atoms with E-state index in [9.17, 15) is 17.6 Å². The molecule has 0 unspecified atom stereocenters. The molecule has 0 atom stereocenters. The Hall–Kier alpha value is -3.00. The van der Waals surface area contributed by atoms with Crippen molar-refractivity contribution in [3.63, 3.8) is 0 Å². The van der Waals surface area contributed by atoms with Gasteiger partial charge in [0.15, 0.2) is 10.7 Å². The first kappa shape index (κ1) is 20.3. The molecule has 0 aliphatic heterocycles. The number of rotatable bonds is 6. The highest BCUT2D eigenvalue weighted by Gasteiger charge is 2.29. The second kappa shape index (κ2) is 8.02. The molecule has 30 heavy (non-hydrogen) atoms. The quantitative estimate of drug-likeness (QED) is 0.470. The maximum Gasteiger partial charge on any atom is 0.309 e. The summed E-state index contributed by atoms with van der Waals surface area (Å²) in [6.07, 6.45) is 3.15. The maximum absolute atomic E-state index is 14.0. The number of carbonyl (C=O) groups excluding carboxylic acids is 1. The second-order valence-corrected chi connectivity index (χ2v) is 8.36. The molecule has 3 aromatic rings. The van der Waals surface area contributed by atoms with Gasteiger partial charge in [-0.05, 0) is 60.4 Å². The van der Waals surface area contributed by atoms with E-state index in [1.165, 1.54) is 25.4 Å². The molecule has 1 aromatic heterocycles.